The number of rotatable bonds is 2. The highest BCUT2D eigenvalue weighted by atomic mass is 32.2. The van der Waals surface area contributed by atoms with Crippen LogP contribution in [0.2, 0.25) is 0 Å². The minimum absolute atomic E-state index is 0.0446. The maximum absolute atomic E-state index is 13.1. The third-order valence-corrected chi connectivity index (χ3v) is 7.55. The Labute approximate surface area is 129 Å². The molecule has 6 heteroatoms. The molecule has 1 fully saturated rings. The highest BCUT2D eigenvalue weighted by Crippen LogP contribution is 2.37. The second-order valence-corrected chi connectivity index (χ2v) is 8.82. The molecule has 0 radical (unpaired) electrons. The molecular formula is C15H20N2O2S2. The van der Waals surface area contributed by atoms with Gasteiger partial charge in [-0.15, -0.1) is 11.3 Å². The molecule has 2 N–H and O–H groups in total. The minimum atomic E-state index is -3.46. The lowest BCUT2D eigenvalue weighted by Crippen LogP contribution is -2.48. The van der Waals surface area contributed by atoms with Gasteiger partial charge >= 0.3 is 0 Å². The molecule has 2 heterocycles. The number of aryl methyl sites for hydroxylation is 1. The number of nitrogens with two attached hydrogens (primary N) is 1. The fourth-order valence-corrected chi connectivity index (χ4v) is 6.55. The molecule has 0 spiro atoms. The molecule has 0 amide bonds. The molecule has 1 aromatic carbocycles. The summed E-state index contributed by atoms with van der Waals surface area (Å²) >= 11 is 1.54. The molecule has 0 saturated carbocycles. The van der Waals surface area contributed by atoms with Gasteiger partial charge in [-0.1, -0.05) is 18.2 Å². The van der Waals surface area contributed by atoms with Gasteiger partial charge in [0.15, 0.2) is 0 Å². The topological polar surface area (TPSA) is 63.4 Å². The first-order chi connectivity index (χ1) is 9.91. The zero-order chi connectivity index (χ0) is 15.2. The Hall–Kier alpha value is -0.950. The molecule has 2 atom stereocenters. The summed E-state index contributed by atoms with van der Waals surface area (Å²) in [5.41, 5.74) is 5.95. The third kappa shape index (κ3) is 2.50. The molecule has 1 saturated heterocycles. The second-order valence-electron chi connectivity index (χ2n) is 5.73. The predicted molar refractivity (Wildman–Crippen MR) is 87.1 cm³/mol. The smallest absolute Gasteiger partial charge is 0.245 e. The van der Waals surface area contributed by atoms with Crippen molar-refractivity contribution < 1.29 is 8.42 Å². The number of thiophene rings is 1. The van der Waals surface area contributed by atoms with Crippen LogP contribution in [-0.2, 0) is 10.0 Å². The fraction of sp³-hybridized carbons (Fsp3) is 0.467. The van der Waals surface area contributed by atoms with Crippen LogP contribution < -0.4 is 5.73 Å². The Morgan fingerprint density at radius 2 is 2.05 bits per heavy atom. The van der Waals surface area contributed by atoms with Gasteiger partial charge in [-0.05, 0) is 32.8 Å². The van der Waals surface area contributed by atoms with E-state index in [1.165, 1.54) is 0 Å². The van der Waals surface area contributed by atoms with Crippen molar-refractivity contribution >= 4 is 31.4 Å². The molecule has 0 bridgehead atoms. The van der Waals surface area contributed by atoms with Crippen LogP contribution in [0.3, 0.4) is 0 Å². The number of hydrogen-bond acceptors (Lipinski definition) is 4. The van der Waals surface area contributed by atoms with Crippen molar-refractivity contribution in [1.29, 1.82) is 0 Å². The zero-order valence-electron chi connectivity index (χ0n) is 12.2. The Morgan fingerprint density at radius 3 is 2.76 bits per heavy atom. The standard InChI is InChI=1S/C15H20N2O2S2/c1-10-9-12(16)7-8-17(10)21(18,19)15-11(2)20-14-6-4-3-5-13(14)15/h3-6,10,12H,7-9,16H2,1-2H3/t10-,12-/m0/s1. The van der Waals surface area contributed by atoms with Crippen LogP contribution in [0.15, 0.2) is 29.2 Å². The first-order valence-electron chi connectivity index (χ1n) is 7.17. The second kappa shape index (κ2) is 5.35. The summed E-state index contributed by atoms with van der Waals surface area (Å²) < 4.78 is 28.8. The first-order valence-corrected chi connectivity index (χ1v) is 9.42. The number of sulfonamides is 1. The Kier molecular flexibility index (Phi) is 3.81. The summed E-state index contributed by atoms with van der Waals surface area (Å²) in [5.74, 6) is 0. The van der Waals surface area contributed by atoms with Crippen LogP contribution in [-0.4, -0.2) is 31.4 Å². The van der Waals surface area contributed by atoms with Gasteiger partial charge in [0.1, 0.15) is 4.90 Å². The molecular weight excluding hydrogens is 304 g/mol. The number of fused-ring (bicyclic) bond motifs is 1. The summed E-state index contributed by atoms with van der Waals surface area (Å²) in [6.45, 7) is 4.34. The van der Waals surface area contributed by atoms with Gasteiger partial charge in [0, 0.05) is 33.6 Å². The molecule has 1 aromatic heterocycles. The van der Waals surface area contributed by atoms with E-state index in [0.29, 0.717) is 11.4 Å². The molecule has 0 aliphatic carbocycles. The van der Waals surface area contributed by atoms with E-state index in [9.17, 15) is 8.42 Å². The minimum Gasteiger partial charge on any atom is -0.328 e. The van der Waals surface area contributed by atoms with Crippen LogP contribution in [0.1, 0.15) is 24.6 Å². The van der Waals surface area contributed by atoms with Crippen molar-refractivity contribution in [2.75, 3.05) is 6.54 Å². The lowest BCUT2D eigenvalue weighted by Gasteiger charge is -2.35. The molecule has 3 rings (SSSR count). The average molecular weight is 324 g/mol. The average Bonchev–Trinajstić information content (AvgIpc) is 2.74. The van der Waals surface area contributed by atoms with Gasteiger partial charge in [0.05, 0.1) is 0 Å². The summed E-state index contributed by atoms with van der Waals surface area (Å²) in [6.07, 6.45) is 1.45. The summed E-state index contributed by atoms with van der Waals surface area (Å²) in [5, 5.41) is 0.835. The predicted octanol–water partition coefficient (Wildman–Crippen LogP) is 2.71. The van der Waals surface area contributed by atoms with Crippen molar-refractivity contribution in [1.82, 2.24) is 4.31 Å². The molecule has 1 aliphatic rings. The number of benzene rings is 1. The summed E-state index contributed by atoms with van der Waals surface area (Å²) in [4.78, 5) is 1.34. The number of piperidine rings is 1. The number of nitrogens with zero attached hydrogens (tertiary/aromatic N) is 1. The van der Waals surface area contributed by atoms with E-state index in [0.717, 1.165) is 27.8 Å². The van der Waals surface area contributed by atoms with E-state index in [4.69, 9.17) is 5.73 Å². The zero-order valence-corrected chi connectivity index (χ0v) is 13.9. The van der Waals surface area contributed by atoms with Gasteiger partial charge in [0.2, 0.25) is 10.0 Å². The van der Waals surface area contributed by atoms with E-state index in [-0.39, 0.29) is 12.1 Å². The van der Waals surface area contributed by atoms with Crippen molar-refractivity contribution in [2.24, 2.45) is 5.73 Å². The van der Waals surface area contributed by atoms with Crippen LogP contribution in [0.25, 0.3) is 10.1 Å². The summed E-state index contributed by atoms with van der Waals surface area (Å²) in [6, 6.07) is 7.76. The van der Waals surface area contributed by atoms with Crippen LogP contribution in [0, 0.1) is 6.92 Å². The van der Waals surface area contributed by atoms with Crippen LogP contribution in [0.4, 0.5) is 0 Å². The third-order valence-electron chi connectivity index (χ3n) is 4.14. The van der Waals surface area contributed by atoms with Gasteiger partial charge in [0.25, 0.3) is 0 Å². The molecule has 2 aromatic rings. The molecule has 114 valence electrons. The molecule has 4 nitrogen and oxygen atoms in total. The SMILES string of the molecule is Cc1sc2ccccc2c1S(=O)(=O)N1CC[C@H](N)C[C@@H]1C. The normalized spacial score (nSPS) is 24.5. The molecule has 0 unspecified atom stereocenters. The maximum atomic E-state index is 13.1. The van der Waals surface area contributed by atoms with Gasteiger partial charge in [-0.25, -0.2) is 8.42 Å². The van der Waals surface area contributed by atoms with Crippen molar-refractivity contribution in [2.45, 2.75) is 43.7 Å². The van der Waals surface area contributed by atoms with Crippen LogP contribution in [0.5, 0.6) is 0 Å². The summed E-state index contributed by atoms with van der Waals surface area (Å²) in [7, 11) is -3.46. The first kappa shape index (κ1) is 15.0. The van der Waals surface area contributed by atoms with E-state index in [1.807, 2.05) is 38.1 Å². The Bertz CT molecular complexity index is 767. The van der Waals surface area contributed by atoms with Crippen molar-refractivity contribution in [3.8, 4) is 0 Å². The van der Waals surface area contributed by atoms with Crippen LogP contribution >= 0.6 is 11.3 Å². The van der Waals surface area contributed by atoms with Gasteiger partial charge in [-0.2, -0.15) is 4.31 Å². The van der Waals surface area contributed by atoms with E-state index in [1.54, 1.807) is 15.6 Å². The largest absolute Gasteiger partial charge is 0.328 e. The Balaban J connectivity index is 2.10. The fourth-order valence-electron chi connectivity index (χ4n) is 3.13. The monoisotopic (exact) mass is 324 g/mol. The lowest BCUT2D eigenvalue weighted by atomic mass is 10.0. The number of hydrogen-bond donors (Lipinski definition) is 1. The quantitative estimate of drug-likeness (QED) is 0.924. The van der Waals surface area contributed by atoms with Gasteiger partial charge < -0.3 is 5.73 Å². The highest BCUT2D eigenvalue weighted by Gasteiger charge is 2.35. The van der Waals surface area contributed by atoms with Crippen molar-refractivity contribution in [3.63, 3.8) is 0 Å². The van der Waals surface area contributed by atoms with E-state index in [2.05, 4.69) is 0 Å². The highest BCUT2D eigenvalue weighted by molar-refractivity contribution is 7.89. The molecule has 1 aliphatic heterocycles. The van der Waals surface area contributed by atoms with Gasteiger partial charge in [-0.3, -0.25) is 0 Å². The van der Waals surface area contributed by atoms with E-state index < -0.39 is 10.0 Å². The van der Waals surface area contributed by atoms with Crippen molar-refractivity contribution in [3.05, 3.63) is 29.1 Å². The van der Waals surface area contributed by atoms with E-state index >= 15 is 0 Å². The lowest BCUT2D eigenvalue weighted by molar-refractivity contribution is 0.247. The molecule has 21 heavy (non-hydrogen) atoms. The maximum Gasteiger partial charge on any atom is 0.245 e. The Morgan fingerprint density at radius 1 is 1.33 bits per heavy atom.